The minimum atomic E-state index is -0.428. The van der Waals surface area contributed by atoms with Crippen LogP contribution in [-0.2, 0) is 11.2 Å². The molecule has 1 aromatic heterocycles. The Hall–Kier alpha value is -2.48. The monoisotopic (exact) mass is 375 g/mol. The van der Waals surface area contributed by atoms with Gasteiger partial charge in [0.2, 0.25) is 5.91 Å². The maximum Gasteiger partial charge on any atom is 0.251 e. The summed E-state index contributed by atoms with van der Waals surface area (Å²) in [7, 11) is 0. The second-order valence-electron chi connectivity index (χ2n) is 5.90. The molecule has 0 unspecified atom stereocenters. The van der Waals surface area contributed by atoms with E-state index in [2.05, 4.69) is 15.3 Å². The zero-order valence-electron chi connectivity index (χ0n) is 14.7. The number of carbonyl (C=O) groups excluding carboxylic acids is 1. The molecule has 0 radical (unpaired) electrons. The van der Waals surface area contributed by atoms with Crippen LogP contribution in [0.5, 0.6) is 11.5 Å². The van der Waals surface area contributed by atoms with Crippen LogP contribution in [-0.4, -0.2) is 34.3 Å². The summed E-state index contributed by atoms with van der Waals surface area (Å²) in [6, 6.07) is 6.78. The normalized spacial score (nSPS) is 13.9. The number of hydrogen-bond acceptors (Lipinski definition) is 6. The van der Waals surface area contributed by atoms with Gasteiger partial charge < -0.3 is 19.8 Å². The third-order valence-corrected chi connectivity index (χ3v) is 4.73. The average molecular weight is 375 g/mol. The molecule has 2 aromatic rings. The third-order valence-electron chi connectivity index (χ3n) is 3.75. The van der Waals surface area contributed by atoms with Crippen LogP contribution in [0.15, 0.2) is 34.2 Å². The van der Waals surface area contributed by atoms with E-state index in [1.165, 1.54) is 17.8 Å². The topological polar surface area (TPSA) is 93.3 Å². The summed E-state index contributed by atoms with van der Waals surface area (Å²) in [6.45, 7) is 4.81. The van der Waals surface area contributed by atoms with Crippen molar-refractivity contribution in [3.63, 3.8) is 0 Å². The fourth-order valence-electron chi connectivity index (χ4n) is 2.51. The maximum atomic E-state index is 12.5. The van der Waals surface area contributed by atoms with Crippen LogP contribution in [0.3, 0.4) is 0 Å². The highest BCUT2D eigenvalue weighted by Gasteiger charge is 2.18. The van der Waals surface area contributed by atoms with Crippen molar-refractivity contribution >= 4 is 23.4 Å². The van der Waals surface area contributed by atoms with Gasteiger partial charge in [-0.25, -0.2) is 4.98 Å². The molecule has 2 N–H and O–H groups in total. The molecule has 26 heavy (non-hydrogen) atoms. The molecule has 8 heteroatoms. The highest BCUT2D eigenvalue weighted by atomic mass is 32.2. The molecule has 1 aliphatic rings. The number of carbonyl (C=O) groups is 1. The number of nitrogens with one attached hydrogen (secondary N) is 2. The Morgan fingerprint density at radius 3 is 2.85 bits per heavy atom. The van der Waals surface area contributed by atoms with E-state index in [0.717, 1.165) is 18.5 Å². The van der Waals surface area contributed by atoms with Crippen LogP contribution in [0, 0.1) is 0 Å². The number of aromatic nitrogens is 2. The van der Waals surface area contributed by atoms with Crippen LogP contribution >= 0.6 is 11.8 Å². The summed E-state index contributed by atoms with van der Waals surface area (Å²) in [6.07, 6.45) is 1.63. The van der Waals surface area contributed by atoms with E-state index in [4.69, 9.17) is 9.47 Å². The van der Waals surface area contributed by atoms with Gasteiger partial charge in [0.05, 0.1) is 5.25 Å². The minimum absolute atomic E-state index is 0.185. The van der Waals surface area contributed by atoms with Gasteiger partial charge in [0.25, 0.3) is 5.56 Å². The molecule has 1 aromatic carbocycles. The number of aryl methyl sites for hydroxylation is 1. The number of amides is 1. The summed E-state index contributed by atoms with van der Waals surface area (Å²) in [5.41, 5.74) is 1.16. The smallest absolute Gasteiger partial charge is 0.251 e. The van der Waals surface area contributed by atoms with Gasteiger partial charge in [-0.15, -0.1) is 0 Å². The molecular formula is C18H21N3O4S. The molecule has 138 valence electrons. The van der Waals surface area contributed by atoms with Gasteiger partial charge in [0.15, 0.2) is 16.7 Å². The third kappa shape index (κ3) is 4.57. The lowest BCUT2D eigenvalue weighted by molar-refractivity contribution is -0.115. The Balaban J connectivity index is 1.65. The predicted octanol–water partition coefficient (Wildman–Crippen LogP) is 2.61. The first-order chi connectivity index (χ1) is 12.5. The Kier molecular flexibility index (Phi) is 5.82. The zero-order valence-corrected chi connectivity index (χ0v) is 15.5. The van der Waals surface area contributed by atoms with Crippen molar-refractivity contribution in [3.8, 4) is 11.5 Å². The lowest BCUT2D eigenvalue weighted by Gasteiger charge is -2.19. The van der Waals surface area contributed by atoms with Gasteiger partial charge in [-0.1, -0.05) is 25.1 Å². The van der Waals surface area contributed by atoms with Gasteiger partial charge in [-0.05, 0) is 25.5 Å². The number of hydrogen-bond donors (Lipinski definition) is 2. The summed E-state index contributed by atoms with van der Waals surface area (Å²) < 4.78 is 11.0. The number of H-pyrrole nitrogens is 1. The van der Waals surface area contributed by atoms with Crippen molar-refractivity contribution < 1.29 is 14.3 Å². The highest BCUT2D eigenvalue weighted by molar-refractivity contribution is 8.00. The fraction of sp³-hybridized carbons (Fsp3) is 0.389. The Labute approximate surface area is 155 Å². The highest BCUT2D eigenvalue weighted by Crippen LogP contribution is 2.33. The average Bonchev–Trinajstić information content (AvgIpc) is 2.61. The van der Waals surface area contributed by atoms with Gasteiger partial charge in [-0.2, -0.15) is 0 Å². The number of benzene rings is 1. The lowest BCUT2D eigenvalue weighted by atomic mass is 10.2. The summed E-state index contributed by atoms with van der Waals surface area (Å²) >= 11 is 1.22. The maximum absolute atomic E-state index is 12.5. The molecule has 7 nitrogen and oxygen atoms in total. The zero-order chi connectivity index (χ0) is 18.5. The quantitative estimate of drug-likeness (QED) is 0.595. The number of rotatable bonds is 6. The number of anilines is 1. The van der Waals surface area contributed by atoms with Crippen LogP contribution in [0.1, 0.15) is 26.0 Å². The number of ether oxygens (including phenoxy) is 2. The largest absolute Gasteiger partial charge is 0.486 e. The summed E-state index contributed by atoms with van der Waals surface area (Å²) in [5.74, 6) is 1.11. The first-order valence-corrected chi connectivity index (χ1v) is 9.40. The number of nitrogens with zero attached hydrogens (tertiary/aromatic N) is 1. The van der Waals surface area contributed by atoms with Gasteiger partial charge in [0, 0.05) is 23.5 Å². The van der Waals surface area contributed by atoms with Crippen molar-refractivity contribution in [2.75, 3.05) is 18.5 Å². The van der Waals surface area contributed by atoms with Crippen molar-refractivity contribution in [1.29, 1.82) is 0 Å². The van der Waals surface area contributed by atoms with E-state index >= 15 is 0 Å². The van der Waals surface area contributed by atoms with Crippen molar-refractivity contribution in [2.24, 2.45) is 0 Å². The summed E-state index contributed by atoms with van der Waals surface area (Å²) in [5, 5.41) is 2.87. The SMILES string of the molecule is CCCc1cc(=O)[nH]c(S[C@H](C)C(=O)Nc2ccc3c(c2)OCCO3)n1. The molecule has 0 aliphatic carbocycles. The van der Waals surface area contributed by atoms with Crippen molar-refractivity contribution in [3.05, 3.63) is 40.3 Å². The predicted molar refractivity (Wildman–Crippen MR) is 100 cm³/mol. The first-order valence-electron chi connectivity index (χ1n) is 8.52. The summed E-state index contributed by atoms with van der Waals surface area (Å²) in [4.78, 5) is 31.3. The standard InChI is InChI=1S/C18H21N3O4S/c1-3-4-12-10-16(22)21-18(20-12)26-11(2)17(23)19-13-5-6-14-15(9-13)25-8-7-24-14/h5-6,9-11H,3-4,7-8H2,1-2H3,(H,19,23)(H,20,21,22)/t11-/m1/s1. The molecule has 1 atom stereocenters. The van der Waals surface area contributed by atoms with Gasteiger partial charge in [-0.3, -0.25) is 9.59 Å². The molecular weight excluding hydrogens is 354 g/mol. The Morgan fingerprint density at radius 1 is 1.31 bits per heavy atom. The number of aromatic amines is 1. The Bertz CT molecular complexity index is 853. The van der Waals surface area contributed by atoms with E-state index in [0.29, 0.717) is 35.6 Å². The van der Waals surface area contributed by atoms with Crippen LogP contribution in [0.2, 0.25) is 0 Å². The Morgan fingerprint density at radius 2 is 2.08 bits per heavy atom. The van der Waals surface area contributed by atoms with Gasteiger partial charge in [0.1, 0.15) is 13.2 Å². The second-order valence-corrected chi connectivity index (χ2v) is 7.23. The lowest BCUT2D eigenvalue weighted by Crippen LogP contribution is -2.23. The molecule has 0 spiro atoms. The first kappa shape index (κ1) is 18.3. The fourth-order valence-corrected chi connectivity index (χ4v) is 3.34. The van der Waals surface area contributed by atoms with Crippen LogP contribution in [0.25, 0.3) is 0 Å². The van der Waals surface area contributed by atoms with Crippen LogP contribution < -0.4 is 20.3 Å². The second kappa shape index (κ2) is 8.27. The molecule has 0 fully saturated rings. The van der Waals surface area contributed by atoms with E-state index in [1.807, 2.05) is 6.92 Å². The molecule has 3 rings (SSSR count). The molecule has 1 amide bonds. The van der Waals surface area contributed by atoms with Crippen molar-refractivity contribution in [2.45, 2.75) is 37.1 Å². The molecule has 0 bridgehead atoms. The van der Waals surface area contributed by atoms with Crippen LogP contribution in [0.4, 0.5) is 5.69 Å². The van der Waals surface area contributed by atoms with Gasteiger partial charge >= 0.3 is 0 Å². The molecule has 0 saturated heterocycles. The van der Waals surface area contributed by atoms with Crippen molar-refractivity contribution in [1.82, 2.24) is 9.97 Å². The minimum Gasteiger partial charge on any atom is -0.486 e. The van der Waals surface area contributed by atoms with E-state index < -0.39 is 5.25 Å². The van der Waals surface area contributed by atoms with E-state index in [-0.39, 0.29) is 11.5 Å². The van der Waals surface area contributed by atoms with E-state index in [9.17, 15) is 9.59 Å². The molecule has 1 aliphatic heterocycles. The molecule has 0 saturated carbocycles. The molecule has 2 heterocycles. The number of fused-ring (bicyclic) bond motifs is 1. The number of thioether (sulfide) groups is 1. The van der Waals surface area contributed by atoms with E-state index in [1.54, 1.807) is 25.1 Å².